The van der Waals surface area contributed by atoms with Gasteiger partial charge in [0.15, 0.2) is 5.16 Å². The van der Waals surface area contributed by atoms with E-state index >= 15 is 0 Å². The van der Waals surface area contributed by atoms with Crippen LogP contribution in [0.2, 0.25) is 0 Å². The Bertz CT molecular complexity index is 951. The smallest absolute Gasteiger partial charge is 0.257 e. The monoisotopic (exact) mass is 443 g/mol. The molecule has 0 bridgehead atoms. The van der Waals surface area contributed by atoms with Crippen molar-refractivity contribution in [1.29, 1.82) is 0 Å². The highest BCUT2D eigenvalue weighted by Crippen LogP contribution is 2.27. The Kier molecular flexibility index (Phi) is 7.94. The number of aryl methyl sites for hydroxylation is 1. The quantitative estimate of drug-likeness (QED) is 0.483. The lowest BCUT2D eigenvalue weighted by Gasteiger charge is -2.37. The van der Waals surface area contributed by atoms with E-state index in [1.807, 2.05) is 56.0 Å². The van der Waals surface area contributed by atoms with Gasteiger partial charge in [-0.2, -0.15) is 0 Å². The first kappa shape index (κ1) is 23.5. The summed E-state index contributed by atoms with van der Waals surface area (Å²) in [6.07, 6.45) is 2.24. The predicted octanol–water partition coefficient (Wildman–Crippen LogP) is 3.58. The van der Waals surface area contributed by atoms with Crippen molar-refractivity contribution in [1.82, 2.24) is 14.5 Å². The summed E-state index contributed by atoms with van der Waals surface area (Å²) >= 11 is 1.41. The van der Waals surface area contributed by atoms with Crippen molar-refractivity contribution in [2.75, 3.05) is 13.1 Å². The molecule has 6 nitrogen and oxygen atoms in total. The molecule has 0 N–H and O–H groups in total. The fraction of sp³-hybridized carbons (Fsp3) is 0.542. The van der Waals surface area contributed by atoms with Gasteiger partial charge in [-0.15, -0.1) is 0 Å². The minimum atomic E-state index is -0.264. The van der Waals surface area contributed by atoms with Gasteiger partial charge in [-0.05, 0) is 32.8 Å². The number of carbonyl (C=O) groups is 1. The lowest BCUT2D eigenvalue weighted by Crippen LogP contribution is -2.50. The van der Waals surface area contributed by atoms with Crippen molar-refractivity contribution in [3.63, 3.8) is 0 Å². The summed E-state index contributed by atoms with van der Waals surface area (Å²) < 4.78 is 7.37. The van der Waals surface area contributed by atoms with E-state index in [4.69, 9.17) is 9.72 Å². The number of hydrogen-bond donors (Lipinski definition) is 0. The van der Waals surface area contributed by atoms with E-state index in [0.717, 1.165) is 24.1 Å². The van der Waals surface area contributed by atoms with Gasteiger partial charge < -0.3 is 9.64 Å². The number of amides is 1. The number of carbonyl (C=O) groups excluding carboxylic acids is 1. The van der Waals surface area contributed by atoms with Crippen LogP contribution in [0.5, 0.6) is 0 Å². The third kappa shape index (κ3) is 5.77. The fourth-order valence-corrected chi connectivity index (χ4v) is 5.31. The summed E-state index contributed by atoms with van der Waals surface area (Å²) in [5.41, 5.74) is 2.47. The molecule has 3 atom stereocenters. The summed E-state index contributed by atoms with van der Waals surface area (Å²) in [6.45, 7) is 9.16. The molecule has 2 heterocycles. The molecule has 1 saturated heterocycles. The van der Waals surface area contributed by atoms with E-state index in [2.05, 4.69) is 6.92 Å². The van der Waals surface area contributed by atoms with Crippen LogP contribution in [0.1, 0.15) is 50.4 Å². The topological polar surface area (TPSA) is 64.4 Å². The zero-order chi connectivity index (χ0) is 22.5. The number of benzene rings is 1. The minimum absolute atomic E-state index is 0.0296. The van der Waals surface area contributed by atoms with Crippen LogP contribution < -0.4 is 5.56 Å². The second-order valence-electron chi connectivity index (χ2n) is 8.38. The SMILES string of the molecule is CCCC(Sc1nc(C)c(Cc2ccccc2)c(=O)n1C)C(=O)N1CC(C)OC(C)C1. The molecule has 1 aliphatic heterocycles. The van der Waals surface area contributed by atoms with Crippen molar-refractivity contribution < 1.29 is 9.53 Å². The van der Waals surface area contributed by atoms with Gasteiger partial charge in [0, 0.05) is 37.8 Å². The number of hydrogen-bond acceptors (Lipinski definition) is 5. The highest BCUT2D eigenvalue weighted by atomic mass is 32.2. The molecule has 3 unspecified atom stereocenters. The molecule has 1 aromatic heterocycles. The summed E-state index contributed by atoms with van der Waals surface area (Å²) in [5, 5.41) is 0.334. The van der Waals surface area contributed by atoms with Gasteiger partial charge in [-0.25, -0.2) is 4.98 Å². The van der Waals surface area contributed by atoms with Gasteiger partial charge in [0.2, 0.25) is 5.91 Å². The average molecular weight is 444 g/mol. The Balaban J connectivity index is 1.83. The average Bonchev–Trinajstić information content (AvgIpc) is 2.74. The molecule has 3 rings (SSSR count). The Morgan fingerprint density at radius 3 is 2.48 bits per heavy atom. The molecule has 0 spiro atoms. The van der Waals surface area contributed by atoms with E-state index in [0.29, 0.717) is 30.2 Å². The second-order valence-corrected chi connectivity index (χ2v) is 9.55. The van der Waals surface area contributed by atoms with E-state index in [9.17, 15) is 9.59 Å². The molecule has 31 heavy (non-hydrogen) atoms. The largest absolute Gasteiger partial charge is 0.372 e. The molecule has 7 heteroatoms. The van der Waals surface area contributed by atoms with E-state index in [1.54, 1.807) is 11.6 Å². The van der Waals surface area contributed by atoms with Crippen molar-refractivity contribution in [3.8, 4) is 0 Å². The number of aromatic nitrogens is 2. The fourth-order valence-electron chi connectivity index (χ4n) is 4.02. The minimum Gasteiger partial charge on any atom is -0.372 e. The number of nitrogens with zero attached hydrogens (tertiary/aromatic N) is 3. The predicted molar refractivity (Wildman–Crippen MR) is 125 cm³/mol. The molecule has 1 fully saturated rings. The number of ether oxygens (including phenoxy) is 1. The van der Waals surface area contributed by atoms with E-state index < -0.39 is 0 Å². The zero-order valence-electron chi connectivity index (χ0n) is 19.1. The van der Waals surface area contributed by atoms with Gasteiger partial charge in [0.05, 0.1) is 17.5 Å². The molecular formula is C24H33N3O3S. The van der Waals surface area contributed by atoms with Crippen molar-refractivity contribution in [3.05, 3.63) is 57.5 Å². The van der Waals surface area contributed by atoms with Crippen LogP contribution >= 0.6 is 11.8 Å². The van der Waals surface area contributed by atoms with Crippen LogP contribution in [0, 0.1) is 6.92 Å². The zero-order valence-corrected chi connectivity index (χ0v) is 19.9. The Morgan fingerprint density at radius 2 is 1.87 bits per heavy atom. The Labute approximate surface area is 189 Å². The summed E-state index contributed by atoms with van der Waals surface area (Å²) in [7, 11) is 1.75. The van der Waals surface area contributed by atoms with Crippen LogP contribution in [0.4, 0.5) is 0 Å². The first-order valence-corrected chi connectivity index (χ1v) is 11.9. The summed E-state index contributed by atoms with van der Waals surface area (Å²) in [5.74, 6) is 0.106. The van der Waals surface area contributed by atoms with Crippen molar-refractivity contribution >= 4 is 17.7 Å². The van der Waals surface area contributed by atoms with E-state index in [1.165, 1.54) is 11.8 Å². The summed E-state index contributed by atoms with van der Waals surface area (Å²) in [4.78, 5) is 33.1. The lowest BCUT2D eigenvalue weighted by molar-refractivity contribution is -0.142. The van der Waals surface area contributed by atoms with E-state index in [-0.39, 0.29) is 28.9 Å². The molecule has 0 saturated carbocycles. The van der Waals surface area contributed by atoms with Crippen LogP contribution in [0.3, 0.4) is 0 Å². The molecule has 1 aromatic carbocycles. The Morgan fingerprint density at radius 1 is 1.23 bits per heavy atom. The Hall–Kier alpha value is -2.12. The molecule has 1 amide bonds. The van der Waals surface area contributed by atoms with Crippen molar-refractivity contribution in [2.45, 2.75) is 69.6 Å². The highest BCUT2D eigenvalue weighted by molar-refractivity contribution is 8.00. The highest BCUT2D eigenvalue weighted by Gasteiger charge is 2.31. The maximum absolute atomic E-state index is 13.3. The van der Waals surface area contributed by atoms with Gasteiger partial charge in [-0.3, -0.25) is 14.2 Å². The third-order valence-electron chi connectivity index (χ3n) is 5.58. The first-order valence-electron chi connectivity index (χ1n) is 11.0. The molecule has 168 valence electrons. The molecule has 0 aliphatic carbocycles. The first-order chi connectivity index (χ1) is 14.8. The molecular weight excluding hydrogens is 410 g/mol. The number of thioether (sulfide) groups is 1. The molecule has 0 radical (unpaired) electrons. The second kappa shape index (κ2) is 10.5. The maximum Gasteiger partial charge on any atom is 0.257 e. The summed E-state index contributed by atoms with van der Waals surface area (Å²) in [6, 6.07) is 9.94. The van der Waals surface area contributed by atoms with Gasteiger partial charge in [0.1, 0.15) is 0 Å². The van der Waals surface area contributed by atoms with Crippen molar-refractivity contribution in [2.24, 2.45) is 7.05 Å². The number of morpholine rings is 1. The van der Waals surface area contributed by atoms with Gasteiger partial charge >= 0.3 is 0 Å². The maximum atomic E-state index is 13.3. The van der Waals surface area contributed by atoms with Crippen LogP contribution in [-0.2, 0) is 23.0 Å². The third-order valence-corrected chi connectivity index (χ3v) is 6.88. The van der Waals surface area contributed by atoms with Gasteiger partial charge in [0.25, 0.3) is 5.56 Å². The van der Waals surface area contributed by atoms with Crippen LogP contribution in [0.25, 0.3) is 0 Å². The molecule has 1 aliphatic rings. The standard InChI is InChI=1S/C24H33N3O3S/c1-6-10-21(23(29)27-14-16(2)30-17(3)15-27)31-24-25-18(4)20(22(28)26(24)5)13-19-11-8-7-9-12-19/h7-9,11-12,16-17,21H,6,10,13-15H2,1-5H3. The van der Waals surface area contributed by atoms with Gasteiger partial charge in [-0.1, -0.05) is 55.4 Å². The van der Waals surface area contributed by atoms with Crippen LogP contribution in [-0.4, -0.2) is 50.9 Å². The normalized spacial score (nSPS) is 20.0. The lowest BCUT2D eigenvalue weighted by atomic mass is 10.1. The van der Waals surface area contributed by atoms with Crippen LogP contribution in [0.15, 0.2) is 40.3 Å². The molecule has 2 aromatic rings. The number of rotatable bonds is 7.